The van der Waals surface area contributed by atoms with Crippen molar-refractivity contribution in [2.24, 2.45) is 0 Å². The molecule has 0 atom stereocenters. The highest BCUT2D eigenvalue weighted by molar-refractivity contribution is 6.66. The van der Waals surface area contributed by atoms with Crippen molar-refractivity contribution in [3.05, 3.63) is 30.3 Å². The second-order valence-electron chi connectivity index (χ2n) is 5.74. The summed E-state index contributed by atoms with van der Waals surface area (Å²) in [6, 6.07) is 11.2. The second kappa shape index (κ2) is 12.2. The summed E-state index contributed by atoms with van der Waals surface area (Å²) in [6.07, 6.45) is 13.6. The predicted molar refractivity (Wildman–Crippen MR) is 90.7 cm³/mol. The van der Waals surface area contributed by atoms with Crippen LogP contribution < -0.4 is 5.19 Å². The van der Waals surface area contributed by atoms with Crippen molar-refractivity contribution < 1.29 is 4.80 Å². The van der Waals surface area contributed by atoms with Gasteiger partial charge in [0, 0.05) is 0 Å². The molecular formula is C18H31OSi. The molecule has 1 radical (unpaired) electrons. The first kappa shape index (κ1) is 17.4. The third-order valence-electron chi connectivity index (χ3n) is 3.87. The van der Waals surface area contributed by atoms with Crippen molar-refractivity contribution in [1.82, 2.24) is 0 Å². The largest absolute Gasteiger partial charge is 0.427 e. The molecule has 0 aromatic heterocycles. The maximum Gasteiger partial charge on any atom is 0.242 e. The van der Waals surface area contributed by atoms with E-state index in [0.29, 0.717) is 0 Å². The Kier molecular flexibility index (Phi) is 10.6. The molecule has 113 valence electrons. The van der Waals surface area contributed by atoms with E-state index in [1.165, 1.54) is 64.2 Å². The minimum Gasteiger partial charge on any atom is -0.427 e. The Morgan fingerprint density at radius 3 is 1.80 bits per heavy atom. The Balaban J connectivity index is 1.90. The lowest BCUT2D eigenvalue weighted by Crippen LogP contribution is -2.29. The molecule has 0 aliphatic rings. The Bertz CT molecular complexity index is 312. The van der Waals surface area contributed by atoms with E-state index in [2.05, 4.69) is 19.1 Å². The van der Waals surface area contributed by atoms with Crippen molar-refractivity contribution in [2.75, 3.05) is 0 Å². The first-order valence-corrected chi connectivity index (χ1v) is 10.1. The molecule has 0 fully saturated rings. The zero-order chi connectivity index (χ0) is 14.5. The monoisotopic (exact) mass is 291 g/mol. The van der Waals surface area contributed by atoms with Crippen molar-refractivity contribution in [3.63, 3.8) is 0 Å². The zero-order valence-corrected chi connectivity index (χ0v) is 14.1. The molecule has 0 unspecified atom stereocenters. The maximum atomic E-state index is 10.1. The lowest BCUT2D eigenvalue weighted by atomic mass is 10.1. The Morgan fingerprint density at radius 1 is 0.750 bits per heavy atom. The van der Waals surface area contributed by atoms with Crippen LogP contribution in [0.1, 0.15) is 71.1 Å². The van der Waals surface area contributed by atoms with Crippen LogP contribution in [-0.2, 0) is 0 Å². The highest BCUT2D eigenvalue weighted by atomic mass is 28.3. The van der Waals surface area contributed by atoms with Crippen molar-refractivity contribution >= 4 is 14.2 Å². The summed E-state index contributed by atoms with van der Waals surface area (Å²) in [7, 11) is -1.27. The van der Waals surface area contributed by atoms with E-state index < -0.39 is 9.04 Å². The van der Waals surface area contributed by atoms with Gasteiger partial charge in [0.25, 0.3) is 0 Å². The van der Waals surface area contributed by atoms with Crippen LogP contribution in [0, 0.1) is 0 Å². The van der Waals surface area contributed by atoms with E-state index in [9.17, 15) is 4.80 Å². The van der Waals surface area contributed by atoms with Crippen molar-refractivity contribution in [3.8, 4) is 0 Å². The van der Waals surface area contributed by atoms with Crippen LogP contribution in [0.25, 0.3) is 0 Å². The van der Waals surface area contributed by atoms with Crippen LogP contribution in [-0.4, -0.2) is 13.8 Å². The first-order chi connectivity index (χ1) is 9.84. The number of hydrogen-bond acceptors (Lipinski definition) is 1. The van der Waals surface area contributed by atoms with Gasteiger partial charge in [-0.3, -0.25) is 0 Å². The number of hydrogen-bond donors (Lipinski definition) is 1. The molecule has 2 heteroatoms. The number of rotatable bonds is 12. The second-order valence-corrected chi connectivity index (χ2v) is 7.72. The van der Waals surface area contributed by atoms with Gasteiger partial charge in [-0.15, -0.1) is 0 Å². The summed E-state index contributed by atoms with van der Waals surface area (Å²) in [4.78, 5) is 10.1. The SMILES string of the molecule is CCCCCCCCCCCC[Si](O)c1ccccc1. The zero-order valence-electron chi connectivity index (χ0n) is 13.1. The van der Waals surface area contributed by atoms with Gasteiger partial charge >= 0.3 is 0 Å². The lowest BCUT2D eigenvalue weighted by Gasteiger charge is -2.07. The van der Waals surface area contributed by atoms with E-state index in [0.717, 1.165) is 11.2 Å². The highest BCUT2D eigenvalue weighted by Gasteiger charge is 2.09. The minimum atomic E-state index is -1.27. The third kappa shape index (κ3) is 8.54. The average Bonchev–Trinajstić information content (AvgIpc) is 2.50. The minimum absolute atomic E-state index is 1.01. The highest BCUT2D eigenvalue weighted by Crippen LogP contribution is 2.11. The molecular weight excluding hydrogens is 260 g/mol. The van der Waals surface area contributed by atoms with Gasteiger partial charge in [-0.2, -0.15) is 0 Å². The Labute approximate surface area is 127 Å². The standard InChI is InChI=1S/C18H31OSi/c1-2-3-4-5-6-7-8-9-10-14-17-20(19)18-15-12-11-13-16-18/h11-13,15-16,19H,2-10,14,17H2,1H3. The first-order valence-electron chi connectivity index (χ1n) is 8.44. The Morgan fingerprint density at radius 2 is 1.25 bits per heavy atom. The van der Waals surface area contributed by atoms with E-state index in [4.69, 9.17) is 0 Å². The smallest absolute Gasteiger partial charge is 0.242 e. The fraction of sp³-hybridized carbons (Fsp3) is 0.667. The van der Waals surface area contributed by atoms with Gasteiger partial charge in [-0.1, -0.05) is 101 Å². The van der Waals surface area contributed by atoms with Crippen molar-refractivity contribution in [2.45, 2.75) is 77.2 Å². The van der Waals surface area contributed by atoms with Gasteiger partial charge in [0.2, 0.25) is 9.04 Å². The predicted octanol–water partition coefficient (Wildman–Crippen LogP) is 4.80. The van der Waals surface area contributed by atoms with Crippen LogP contribution in [0.2, 0.25) is 6.04 Å². The summed E-state index contributed by atoms with van der Waals surface area (Å²) in [5.41, 5.74) is 0. The summed E-state index contributed by atoms with van der Waals surface area (Å²) in [5.74, 6) is 0. The Hall–Kier alpha value is -0.603. The number of unbranched alkanes of at least 4 members (excludes halogenated alkanes) is 9. The molecule has 0 spiro atoms. The van der Waals surface area contributed by atoms with Gasteiger partial charge in [-0.05, 0) is 11.2 Å². The third-order valence-corrected chi connectivity index (χ3v) is 5.70. The van der Waals surface area contributed by atoms with Crippen molar-refractivity contribution in [1.29, 1.82) is 0 Å². The molecule has 0 bridgehead atoms. The van der Waals surface area contributed by atoms with Crippen LogP contribution >= 0.6 is 0 Å². The van der Waals surface area contributed by atoms with Crippen LogP contribution in [0.15, 0.2) is 30.3 Å². The summed E-state index contributed by atoms with van der Waals surface area (Å²) >= 11 is 0. The van der Waals surface area contributed by atoms with E-state index in [1.54, 1.807) is 0 Å². The molecule has 1 N–H and O–H groups in total. The van der Waals surface area contributed by atoms with Gasteiger partial charge in [0.15, 0.2) is 0 Å². The molecule has 0 saturated carbocycles. The molecule has 0 saturated heterocycles. The van der Waals surface area contributed by atoms with E-state index in [-0.39, 0.29) is 0 Å². The average molecular weight is 292 g/mol. The fourth-order valence-electron chi connectivity index (χ4n) is 2.55. The molecule has 1 rings (SSSR count). The number of benzene rings is 1. The normalized spacial score (nSPS) is 11.2. The molecule has 20 heavy (non-hydrogen) atoms. The van der Waals surface area contributed by atoms with Crippen LogP contribution in [0.4, 0.5) is 0 Å². The van der Waals surface area contributed by atoms with E-state index >= 15 is 0 Å². The topological polar surface area (TPSA) is 20.2 Å². The lowest BCUT2D eigenvalue weighted by molar-refractivity contribution is 0.550. The van der Waals surface area contributed by atoms with Gasteiger partial charge in [0.05, 0.1) is 0 Å². The molecule has 1 nitrogen and oxygen atoms in total. The van der Waals surface area contributed by atoms with Gasteiger partial charge < -0.3 is 4.80 Å². The van der Waals surface area contributed by atoms with Gasteiger partial charge in [0.1, 0.15) is 0 Å². The molecule has 0 aliphatic heterocycles. The summed E-state index contributed by atoms with van der Waals surface area (Å²) < 4.78 is 0. The quantitative estimate of drug-likeness (QED) is 0.433. The molecule has 0 heterocycles. The molecule has 1 aromatic rings. The maximum absolute atomic E-state index is 10.1. The van der Waals surface area contributed by atoms with E-state index in [1.807, 2.05) is 18.2 Å². The molecule has 1 aromatic carbocycles. The van der Waals surface area contributed by atoms with Gasteiger partial charge in [-0.25, -0.2) is 0 Å². The van der Waals surface area contributed by atoms with Crippen LogP contribution in [0.3, 0.4) is 0 Å². The summed E-state index contributed by atoms with van der Waals surface area (Å²) in [5, 5.41) is 1.16. The molecule has 0 aliphatic carbocycles. The summed E-state index contributed by atoms with van der Waals surface area (Å²) in [6.45, 7) is 2.27. The molecule has 0 amide bonds. The fourth-order valence-corrected chi connectivity index (χ4v) is 4.01. The van der Waals surface area contributed by atoms with Crippen LogP contribution in [0.5, 0.6) is 0 Å².